The lowest BCUT2D eigenvalue weighted by Crippen LogP contribution is -3.00. The van der Waals surface area contributed by atoms with Gasteiger partial charge in [-0.25, -0.2) is 0 Å². The number of aromatic nitrogens is 1. The minimum Gasteiger partial charge on any atom is -1.00 e. The molecule has 0 saturated carbocycles. The largest absolute Gasteiger partial charge is 1.00 e. The van der Waals surface area contributed by atoms with E-state index in [1.807, 2.05) is 30.5 Å². The molecular formula is C26H29ClN2O. The van der Waals surface area contributed by atoms with Gasteiger partial charge in [0.05, 0.1) is 18.6 Å². The molecule has 3 aliphatic rings. The van der Waals surface area contributed by atoms with E-state index in [0.29, 0.717) is 11.8 Å². The van der Waals surface area contributed by atoms with Crippen LogP contribution in [0.3, 0.4) is 0 Å². The maximum atomic E-state index is 11.7. The van der Waals surface area contributed by atoms with E-state index in [1.54, 1.807) is 0 Å². The average Bonchev–Trinajstić information content (AvgIpc) is 2.78. The molecule has 0 radical (unpaired) electrons. The predicted octanol–water partition coefficient (Wildman–Crippen LogP) is 1.88. The van der Waals surface area contributed by atoms with Crippen LogP contribution in [0.25, 0.3) is 10.9 Å². The fraction of sp³-hybridized carbons (Fsp3) is 0.346. The highest BCUT2D eigenvalue weighted by molar-refractivity contribution is 5.82. The molecule has 156 valence electrons. The van der Waals surface area contributed by atoms with Gasteiger partial charge in [0.25, 0.3) is 0 Å². The smallest absolute Gasteiger partial charge is 0.131 e. The maximum absolute atomic E-state index is 11.7. The summed E-state index contributed by atoms with van der Waals surface area (Å²) in [5.74, 6) is 1.18. The van der Waals surface area contributed by atoms with Crippen molar-refractivity contribution in [2.45, 2.75) is 31.5 Å². The van der Waals surface area contributed by atoms with E-state index in [9.17, 15) is 5.11 Å². The number of quaternary nitrogens is 1. The number of halogens is 1. The zero-order valence-electron chi connectivity index (χ0n) is 17.2. The highest BCUT2D eigenvalue weighted by Gasteiger charge is 2.53. The summed E-state index contributed by atoms with van der Waals surface area (Å²) in [6, 6.07) is 21.2. The zero-order valence-corrected chi connectivity index (χ0v) is 18.0. The number of fused-ring (bicyclic) bond motifs is 4. The quantitative estimate of drug-likeness (QED) is 0.505. The summed E-state index contributed by atoms with van der Waals surface area (Å²) in [4.78, 5) is 4.50. The summed E-state index contributed by atoms with van der Waals surface area (Å²) in [7, 11) is 0. The maximum Gasteiger partial charge on any atom is 0.131 e. The van der Waals surface area contributed by atoms with Crippen LogP contribution in [-0.2, 0) is 6.54 Å². The minimum atomic E-state index is -0.486. The Morgan fingerprint density at radius 1 is 1.10 bits per heavy atom. The first-order valence-electron chi connectivity index (χ1n) is 10.7. The second kappa shape index (κ2) is 8.50. The number of aliphatic hydroxyl groups is 1. The van der Waals surface area contributed by atoms with E-state index in [1.165, 1.54) is 12.0 Å². The van der Waals surface area contributed by atoms with Crippen molar-refractivity contribution in [3.63, 3.8) is 0 Å². The highest BCUT2D eigenvalue weighted by Crippen LogP contribution is 2.47. The van der Waals surface area contributed by atoms with Gasteiger partial charge in [-0.15, -0.1) is 6.58 Å². The molecule has 4 heteroatoms. The zero-order chi connectivity index (χ0) is 19.8. The number of pyridine rings is 1. The molecule has 1 aromatic heterocycles. The molecule has 5 atom stereocenters. The molecule has 3 aromatic rings. The molecule has 6 rings (SSSR count). The number of rotatable bonds is 5. The summed E-state index contributed by atoms with van der Waals surface area (Å²) < 4.78 is 0.953. The monoisotopic (exact) mass is 420 g/mol. The molecule has 3 fully saturated rings. The van der Waals surface area contributed by atoms with Gasteiger partial charge in [0.2, 0.25) is 0 Å². The van der Waals surface area contributed by atoms with E-state index in [-0.39, 0.29) is 18.4 Å². The van der Waals surface area contributed by atoms with Gasteiger partial charge in [-0.3, -0.25) is 4.98 Å². The average molecular weight is 421 g/mol. The lowest BCUT2D eigenvalue weighted by molar-refractivity contribution is -0.984. The van der Waals surface area contributed by atoms with Gasteiger partial charge in [0, 0.05) is 35.9 Å². The van der Waals surface area contributed by atoms with E-state index in [2.05, 4.69) is 54.0 Å². The van der Waals surface area contributed by atoms with Gasteiger partial charge in [0.1, 0.15) is 18.7 Å². The molecule has 3 nitrogen and oxygen atoms in total. The lowest BCUT2D eigenvalue weighted by Gasteiger charge is -2.58. The molecule has 3 saturated heterocycles. The number of aliphatic hydroxyl groups excluding tert-OH is 1. The Morgan fingerprint density at radius 3 is 2.67 bits per heavy atom. The van der Waals surface area contributed by atoms with Gasteiger partial charge in [-0.2, -0.15) is 0 Å². The summed E-state index contributed by atoms with van der Waals surface area (Å²) >= 11 is 0. The summed E-state index contributed by atoms with van der Waals surface area (Å²) in [6.45, 7) is 7.32. The van der Waals surface area contributed by atoms with Crippen molar-refractivity contribution in [2.75, 3.05) is 13.1 Å². The molecule has 3 aliphatic heterocycles. The third kappa shape index (κ3) is 3.56. The molecule has 4 heterocycles. The molecule has 0 amide bonds. The molecule has 30 heavy (non-hydrogen) atoms. The topological polar surface area (TPSA) is 33.1 Å². The second-order valence-corrected chi connectivity index (χ2v) is 8.88. The van der Waals surface area contributed by atoms with Crippen LogP contribution < -0.4 is 12.4 Å². The van der Waals surface area contributed by atoms with Crippen molar-refractivity contribution in [1.82, 2.24) is 4.98 Å². The number of piperidine rings is 3. The van der Waals surface area contributed by atoms with Gasteiger partial charge in [0.15, 0.2) is 0 Å². The molecule has 0 unspecified atom stereocenters. The van der Waals surface area contributed by atoms with Crippen LogP contribution in [-0.4, -0.2) is 33.7 Å². The number of para-hydroxylation sites is 1. The van der Waals surface area contributed by atoms with Crippen LogP contribution in [0, 0.1) is 11.8 Å². The number of hydrogen-bond donors (Lipinski definition) is 1. The van der Waals surface area contributed by atoms with Crippen LogP contribution in [0.4, 0.5) is 0 Å². The molecule has 0 aliphatic carbocycles. The predicted molar refractivity (Wildman–Crippen MR) is 117 cm³/mol. The van der Waals surface area contributed by atoms with Crippen LogP contribution in [0.1, 0.15) is 30.1 Å². The van der Waals surface area contributed by atoms with Crippen LogP contribution in [0.15, 0.2) is 79.5 Å². The van der Waals surface area contributed by atoms with Crippen molar-refractivity contribution in [1.29, 1.82) is 0 Å². The Balaban J connectivity index is 0.00000218. The fourth-order valence-corrected chi connectivity index (χ4v) is 5.91. The van der Waals surface area contributed by atoms with E-state index < -0.39 is 6.10 Å². The normalized spacial score (nSPS) is 28.6. The Bertz CT molecular complexity index is 1020. The standard InChI is InChI=1S/C26H29N2O.ClH/c1-2-20-18-28(17-19-8-4-3-5-9-19)15-13-21(20)16-25(28)26(29)23-12-14-27-24-11-7-6-10-22(23)24;/h2-12,14,20-21,25-26,29H,1,13,15-18H2;1H/q+1;/p-1/t20-,21-,25-,26+,28+;/m0./s1. The van der Waals surface area contributed by atoms with E-state index in [4.69, 9.17) is 0 Å². The lowest BCUT2D eigenvalue weighted by atomic mass is 9.71. The molecule has 0 spiro atoms. The van der Waals surface area contributed by atoms with Crippen molar-refractivity contribution in [2.24, 2.45) is 11.8 Å². The summed E-state index contributed by atoms with van der Waals surface area (Å²) in [5.41, 5.74) is 3.33. The van der Waals surface area contributed by atoms with Crippen LogP contribution in [0.5, 0.6) is 0 Å². The Hall–Kier alpha value is -2.20. The molecule has 1 N–H and O–H groups in total. The Labute approximate surface area is 185 Å². The summed E-state index contributed by atoms with van der Waals surface area (Å²) in [5, 5.41) is 12.8. The molecular weight excluding hydrogens is 392 g/mol. The van der Waals surface area contributed by atoms with Crippen LogP contribution in [0.2, 0.25) is 0 Å². The van der Waals surface area contributed by atoms with Crippen molar-refractivity contribution in [3.05, 3.63) is 90.6 Å². The fourth-order valence-electron chi connectivity index (χ4n) is 5.91. The number of hydrogen-bond acceptors (Lipinski definition) is 2. The first-order chi connectivity index (χ1) is 14.2. The van der Waals surface area contributed by atoms with Gasteiger partial charge >= 0.3 is 0 Å². The first kappa shape index (κ1) is 21.0. The van der Waals surface area contributed by atoms with E-state index in [0.717, 1.165) is 47.0 Å². The third-order valence-electron chi connectivity index (χ3n) is 7.38. The van der Waals surface area contributed by atoms with Gasteiger partial charge < -0.3 is 22.0 Å². The Kier molecular flexibility index (Phi) is 5.97. The number of benzene rings is 2. The minimum absolute atomic E-state index is 0. The number of nitrogens with zero attached hydrogens (tertiary/aromatic N) is 2. The molecule has 2 bridgehead atoms. The first-order valence-corrected chi connectivity index (χ1v) is 10.7. The van der Waals surface area contributed by atoms with Crippen LogP contribution >= 0.6 is 0 Å². The van der Waals surface area contributed by atoms with Gasteiger partial charge in [-0.1, -0.05) is 54.6 Å². The van der Waals surface area contributed by atoms with Crippen molar-refractivity contribution in [3.8, 4) is 0 Å². The summed E-state index contributed by atoms with van der Waals surface area (Å²) in [6.07, 6.45) is 5.79. The third-order valence-corrected chi connectivity index (χ3v) is 7.38. The Morgan fingerprint density at radius 2 is 1.87 bits per heavy atom. The van der Waals surface area contributed by atoms with Crippen molar-refractivity contribution >= 4 is 10.9 Å². The SMILES string of the molecule is C=C[C@H]1C[N@+]2(Cc3ccccc3)CC[C@H]1C[C@H]2[C@H](O)c1ccnc2ccccc12.[Cl-]. The van der Waals surface area contributed by atoms with Crippen molar-refractivity contribution < 1.29 is 22.0 Å². The highest BCUT2D eigenvalue weighted by atomic mass is 35.5. The second-order valence-electron chi connectivity index (χ2n) is 8.88. The van der Waals surface area contributed by atoms with E-state index >= 15 is 0 Å². The molecule has 2 aromatic carbocycles. The van der Waals surface area contributed by atoms with Gasteiger partial charge in [-0.05, 0) is 23.6 Å².